The van der Waals surface area contributed by atoms with Gasteiger partial charge in [0.2, 0.25) is 5.91 Å². The number of benzene rings is 2. The normalized spacial score (nSPS) is 10.8. The van der Waals surface area contributed by atoms with Gasteiger partial charge in [-0.1, -0.05) is 55.9 Å². The molecule has 3 amide bonds. The molecule has 3 aromatic rings. The van der Waals surface area contributed by atoms with Crippen LogP contribution in [0.2, 0.25) is 0 Å². The molecule has 8 nitrogen and oxygen atoms in total. The summed E-state index contributed by atoms with van der Waals surface area (Å²) in [4.78, 5) is 24.1. The Labute approximate surface area is 198 Å². The van der Waals surface area contributed by atoms with Crippen LogP contribution in [0.1, 0.15) is 32.2 Å². The quantitative estimate of drug-likeness (QED) is 0.440. The van der Waals surface area contributed by atoms with E-state index < -0.39 is 11.9 Å². The molecule has 0 bridgehead atoms. The summed E-state index contributed by atoms with van der Waals surface area (Å²) < 4.78 is 7.48. The first kappa shape index (κ1) is 24.3. The highest BCUT2D eigenvalue weighted by Crippen LogP contribution is 2.25. The Morgan fingerprint density at radius 1 is 1.06 bits per heavy atom. The molecule has 0 aliphatic heterocycles. The number of carbonyl (C=O) groups is 2. The zero-order valence-corrected chi connectivity index (χ0v) is 19.9. The van der Waals surface area contributed by atoms with Gasteiger partial charge in [0, 0.05) is 18.7 Å². The molecule has 33 heavy (non-hydrogen) atoms. The molecule has 1 heterocycles. The van der Waals surface area contributed by atoms with Crippen molar-refractivity contribution in [1.82, 2.24) is 25.4 Å². The third kappa shape index (κ3) is 7.35. The van der Waals surface area contributed by atoms with Crippen LogP contribution in [0.25, 0.3) is 5.69 Å². The van der Waals surface area contributed by atoms with E-state index in [0.29, 0.717) is 30.6 Å². The van der Waals surface area contributed by atoms with E-state index in [2.05, 4.69) is 20.8 Å². The van der Waals surface area contributed by atoms with Crippen LogP contribution in [-0.4, -0.2) is 45.6 Å². The van der Waals surface area contributed by atoms with Gasteiger partial charge < -0.3 is 10.1 Å². The number of carbonyl (C=O) groups excluding carboxylic acids is 2. The van der Waals surface area contributed by atoms with E-state index >= 15 is 0 Å². The minimum atomic E-state index is -0.493. The van der Waals surface area contributed by atoms with Gasteiger partial charge in [0.25, 0.3) is 0 Å². The van der Waals surface area contributed by atoms with Crippen LogP contribution >= 0.6 is 11.8 Å². The van der Waals surface area contributed by atoms with E-state index in [4.69, 9.17) is 4.74 Å². The summed E-state index contributed by atoms with van der Waals surface area (Å²) in [6.45, 7) is 7.00. The molecule has 2 aromatic carbocycles. The highest BCUT2D eigenvalue weighted by Gasteiger charge is 2.17. The first-order chi connectivity index (χ1) is 16.0. The lowest BCUT2D eigenvalue weighted by molar-refractivity contribution is -0.117. The van der Waals surface area contributed by atoms with Crippen LogP contribution in [0, 0.1) is 5.92 Å². The SMILES string of the molecule is CCOc1ccc(-n2c(Cc3ccccc3)nnc2SCC(=O)NC(=O)NCC(C)C)cc1. The van der Waals surface area contributed by atoms with Crippen molar-refractivity contribution in [3.05, 3.63) is 66.0 Å². The molecule has 0 saturated carbocycles. The largest absolute Gasteiger partial charge is 0.494 e. The molecule has 3 rings (SSSR count). The zero-order valence-electron chi connectivity index (χ0n) is 19.1. The maximum atomic E-state index is 12.3. The molecule has 0 spiro atoms. The number of urea groups is 1. The second-order valence-corrected chi connectivity index (χ2v) is 8.71. The molecule has 0 aliphatic rings. The van der Waals surface area contributed by atoms with Crippen LogP contribution in [0.4, 0.5) is 4.79 Å². The van der Waals surface area contributed by atoms with Crippen LogP contribution in [0.3, 0.4) is 0 Å². The molecule has 0 saturated heterocycles. The smallest absolute Gasteiger partial charge is 0.321 e. The van der Waals surface area contributed by atoms with Crippen molar-refractivity contribution in [1.29, 1.82) is 0 Å². The minimum Gasteiger partial charge on any atom is -0.494 e. The summed E-state index contributed by atoms with van der Waals surface area (Å²) in [6.07, 6.45) is 0.589. The van der Waals surface area contributed by atoms with Gasteiger partial charge in [-0.3, -0.25) is 14.7 Å². The van der Waals surface area contributed by atoms with Gasteiger partial charge >= 0.3 is 6.03 Å². The Balaban J connectivity index is 1.76. The molecule has 2 N–H and O–H groups in total. The molecule has 0 radical (unpaired) electrons. The van der Waals surface area contributed by atoms with E-state index in [1.807, 2.05) is 79.9 Å². The van der Waals surface area contributed by atoms with E-state index in [1.165, 1.54) is 11.8 Å². The average Bonchev–Trinajstić information content (AvgIpc) is 3.20. The maximum Gasteiger partial charge on any atom is 0.321 e. The summed E-state index contributed by atoms with van der Waals surface area (Å²) in [5.41, 5.74) is 1.97. The molecular weight excluding hydrogens is 438 g/mol. The Morgan fingerprint density at radius 2 is 1.79 bits per heavy atom. The van der Waals surface area contributed by atoms with Gasteiger partial charge in [-0.05, 0) is 42.7 Å². The first-order valence-corrected chi connectivity index (χ1v) is 11.9. The monoisotopic (exact) mass is 467 g/mol. The van der Waals surface area contributed by atoms with Crippen molar-refractivity contribution < 1.29 is 14.3 Å². The van der Waals surface area contributed by atoms with Crippen LogP contribution in [-0.2, 0) is 11.2 Å². The lowest BCUT2D eigenvalue weighted by Gasteiger charge is -2.12. The summed E-state index contributed by atoms with van der Waals surface area (Å²) >= 11 is 1.23. The lowest BCUT2D eigenvalue weighted by Crippen LogP contribution is -2.41. The Morgan fingerprint density at radius 3 is 2.45 bits per heavy atom. The van der Waals surface area contributed by atoms with E-state index in [9.17, 15) is 9.59 Å². The van der Waals surface area contributed by atoms with Crippen LogP contribution in [0.5, 0.6) is 5.75 Å². The number of imide groups is 1. The molecule has 1 aromatic heterocycles. The van der Waals surface area contributed by atoms with E-state index in [1.54, 1.807) is 0 Å². The molecule has 0 unspecified atom stereocenters. The van der Waals surface area contributed by atoms with E-state index in [0.717, 1.165) is 22.8 Å². The molecule has 0 fully saturated rings. The zero-order chi connectivity index (χ0) is 23.6. The van der Waals surface area contributed by atoms with Crippen molar-refractivity contribution in [3.63, 3.8) is 0 Å². The second-order valence-electron chi connectivity index (χ2n) is 7.76. The average molecular weight is 468 g/mol. The number of hydrogen-bond donors (Lipinski definition) is 2. The molecule has 9 heteroatoms. The van der Waals surface area contributed by atoms with Crippen LogP contribution in [0.15, 0.2) is 59.8 Å². The van der Waals surface area contributed by atoms with Crippen molar-refractivity contribution >= 4 is 23.7 Å². The Bertz CT molecular complexity index is 1050. The van der Waals surface area contributed by atoms with Crippen molar-refractivity contribution in [3.8, 4) is 11.4 Å². The number of hydrogen-bond acceptors (Lipinski definition) is 6. The van der Waals surface area contributed by atoms with Gasteiger partial charge in [-0.2, -0.15) is 0 Å². The topological polar surface area (TPSA) is 98.1 Å². The predicted octanol–water partition coefficient (Wildman–Crippen LogP) is 3.83. The standard InChI is InChI=1S/C24H29N5O3S/c1-4-32-20-12-10-19(11-13-20)29-21(14-18-8-6-5-7-9-18)27-28-24(29)33-16-22(30)26-23(31)25-15-17(2)3/h5-13,17H,4,14-16H2,1-3H3,(H2,25,26,30,31). The second kappa shape index (κ2) is 12.1. The van der Waals surface area contributed by atoms with Crippen molar-refractivity contribution in [2.75, 3.05) is 18.9 Å². The molecule has 0 atom stereocenters. The number of aromatic nitrogens is 3. The fourth-order valence-electron chi connectivity index (χ4n) is 3.04. The summed E-state index contributed by atoms with van der Waals surface area (Å²) in [5.74, 6) is 1.47. The fraction of sp³-hybridized carbons (Fsp3) is 0.333. The molecule has 0 aliphatic carbocycles. The summed E-state index contributed by atoms with van der Waals surface area (Å²) in [7, 11) is 0. The highest BCUT2D eigenvalue weighted by molar-refractivity contribution is 7.99. The number of nitrogens with zero attached hydrogens (tertiary/aromatic N) is 3. The van der Waals surface area contributed by atoms with Crippen LogP contribution < -0.4 is 15.4 Å². The minimum absolute atomic E-state index is 0.0373. The number of nitrogens with one attached hydrogen (secondary N) is 2. The summed E-state index contributed by atoms with van der Waals surface area (Å²) in [5, 5.41) is 14.3. The number of thioether (sulfide) groups is 1. The predicted molar refractivity (Wildman–Crippen MR) is 129 cm³/mol. The van der Waals surface area contributed by atoms with E-state index in [-0.39, 0.29) is 5.75 Å². The number of rotatable bonds is 10. The Hall–Kier alpha value is -3.33. The van der Waals surface area contributed by atoms with Gasteiger partial charge in [0.05, 0.1) is 12.4 Å². The fourth-order valence-corrected chi connectivity index (χ4v) is 3.81. The molecular formula is C24H29N5O3S. The van der Waals surface area contributed by atoms with Crippen molar-refractivity contribution in [2.24, 2.45) is 5.92 Å². The number of amides is 3. The van der Waals surface area contributed by atoms with Gasteiger partial charge in [-0.15, -0.1) is 10.2 Å². The molecule has 174 valence electrons. The maximum absolute atomic E-state index is 12.3. The lowest BCUT2D eigenvalue weighted by atomic mass is 10.1. The van der Waals surface area contributed by atoms with Crippen molar-refractivity contribution in [2.45, 2.75) is 32.3 Å². The van der Waals surface area contributed by atoms with Gasteiger partial charge in [0.15, 0.2) is 5.16 Å². The summed E-state index contributed by atoms with van der Waals surface area (Å²) in [6, 6.07) is 17.2. The Kier molecular flexibility index (Phi) is 8.88. The van der Waals surface area contributed by atoms with Gasteiger partial charge in [0.1, 0.15) is 11.6 Å². The number of ether oxygens (including phenoxy) is 1. The van der Waals surface area contributed by atoms with Gasteiger partial charge in [-0.25, -0.2) is 4.79 Å². The third-order valence-electron chi connectivity index (χ3n) is 4.57. The first-order valence-electron chi connectivity index (χ1n) is 10.9. The third-order valence-corrected chi connectivity index (χ3v) is 5.50. The highest BCUT2D eigenvalue weighted by atomic mass is 32.2.